The van der Waals surface area contributed by atoms with Crippen molar-refractivity contribution in [3.05, 3.63) is 72.3 Å². The Morgan fingerprint density at radius 3 is 2.50 bits per heavy atom. The highest BCUT2D eigenvalue weighted by molar-refractivity contribution is 7.64. The molecule has 2 aromatic rings. The molecule has 1 heterocycles. The van der Waals surface area contributed by atoms with Gasteiger partial charge in [-0.3, -0.25) is 4.79 Å². The van der Waals surface area contributed by atoms with E-state index in [-0.39, 0.29) is 5.91 Å². The number of carbonyl (C=O) groups excluding carboxylic acids is 1. The van der Waals surface area contributed by atoms with Gasteiger partial charge < -0.3 is 10.1 Å². The lowest BCUT2D eigenvalue weighted by molar-refractivity contribution is -0.116. The van der Waals surface area contributed by atoms with E-state index in [1.807, 2.05) is 12.1 Å². The van der Waals surface area contributed by atoms with E-state index in [2.05, 4.69) is 53.8 Å². The largest absolute Gasteiger partial charge is 0.489 e. The summed E-state index contributed by atoms with van der Waals surface area (Å²) in [6.07, 6.45) is 1.25. The van der Waals surface area contributed by atoms with Gasteiger partial charge in [-0.2, -0.15) is 0 Å². The third-order valence-electron chi connectivity index (χ3n) is 4.69. The second-order valence-corrected chi connectivity index (χ2v) is 7.09. The zero-order valence-corrected chi connectivity index (χ0v) is 16.0. The second kappa shape index (κ2) is 8.23. The van der Waals surface area contributed by atoms with Crippen LogP contribution in [0.3, 0.4) is 0 Å². The molecule has 28 heavy (non-hydrogen) atoms. The molecule has 5 heteroatoms. The van der Waals surface area contributed by atoms with Gasteiger partial charge in [0.2, 0.25) is 5.91 Å². The van der Waals surface area contributed by atoms with Crippen LogP contribution >= 0.6 is 0 Å². The van der Waals surface area contributed by atoms with Gasteiger partial charge >= 0.3 is 0 Å². The van der Waals surface area contributed by atoms with Gasteiger partial charge in [-0.25, -0.2) is 4.21 Å². The maximum atomic E-state index is 11.1. The third kappa shape index (κ3) is 4.21. The molecule has 5 rings (SSSR count). The molecular formula is C23H19NO3S. The average molecular weight is 389 g/mol. The summed E-state index contributed by atoms with van der Waals surface area (Å²) >= 11 is 0.393. The second-order valence-electron chi connectivity index (χ2n) is 6.57. The van der Waals surface area contributed by atoms with Crippen molar-refractivity contribution in [1.82, 2.24) is 0 Å². The summed E-state index contributed by atoms with van der Waals surface area (Å²) in [5, 5.41) is 4.24. The van der Waals surface area contributed by atoms with Crippen LogP contribution in [0.25, 0.3) is 22.3 Å². The van der Waals surface area contributed by atoms with Crippen LogP contribution < -0.4 is 10.1 Å². The van der Waals surface area contributed by atoms with E-state index < -0.39 is 0 Å². The maximum absolute atomic E-state index is 11.1. The molecule has 2 aromatic carbocycles. The van der Waals surface area contributed by atoms with E-state index in [1.165, 1.54) is 27.6 Å². The highest BCUT2D eigenvalue weighted by Gasteiger charge is 2.17. The molecule has 1 amide bonds. The van der Waals surface area contributed by atoms with Crippen LogP contribution in [0.2, 0.25) is 0 Å². The Labute approximate surface area is 167 Å². The topological polar surface area (TPSA) is 55.4 Å². The predicted molar refractivity (Wildman–Crippen MR) is 114 cm³/mol. The van der Waals surface area contributed by atoms with Crippen LogP contribution in [0, 0.1) is 0 Å². The molecule has 1 N–H and O–H groups in total. The fourth-order valence-electron chi connectivity index (χ4n) is 3.23. The number of nitrogens with one attached hydrogen (secondary N) is 1. The molecule has 4 nitrogen and oxygen atoms in total. The Bertz CT molecular complexity index is 1070. The minimum absolute atomic E-state index is 0.0530. The Balaban J connectivity index is 0.000000142. The first-order valence-electron chi connectivity index (χ1n) is 9.10. The first-order chi connectivity index (χ1) is 13.7. The molecule has 0 unspecified atom stereocenters. The molecule has 0 saturated carbocycles. The Morgan fingerprint density at radius 2 is 1.79 bits per heavy atom. The Morgan fingerprint density at radius 1 is 0.929 bits per heavy atom. The van der Waals surface area contributed by atoms with Gasteiger partial charge in [0.1, 0.15) is 12.4 Å². The van der Waals surface area contributed by atoms with Crippen molar-refractivity contribution in [2.45, 2.75) is 12.8 Å². The lowest BCUT2D eigenvalue weighted by atomic mass is 10.0. The SMILES string of the molecule is O=S=CCOc1ccc2c(c1)CCC(=O)N2.c1ccc(-c2ccc3cc2-3)cc1. The summed E-state index contributed by atoms with van der Waals surface area (Å²) < 4.78 is 15.5. The standard InChI is InChI=1S/C12H8.C11H11NO3S/c1-2-4-9(5-3-1)11-7-6-10-8-12(10)11;13-11-4-1-8-7-9(15-5-6-16-14)2-3-10(8)12-11/h1-8H;2-3,6-7H,1,4-5H2,(H,12,13). The molecule has 140 valence electrons. The van der Waals surface area contributed by atoms with Crippen molar-refractivity contribution < 1.29 is 13.7 Å². The fraction of sp³-hybridized carbons (Fsp3) is 0.130. The van der Waals surface area contributed by atoms with Crippen LogP contribution in [-0.2, 0) is 22.5 Å². The molecular weight excluding hydrogens is 370 g/mol. The number of benzene rings is 3. The van der Waals surface area contributed by atoms with Crippen LogP contribution in [-0.4, -0.2) is 22.1 Å². The quantitative estimate of drug-likeness (QED) is 0.530. The average Bonchev–Trinajstić information content (AvgIpc) is 3.39. The lowest BCUT2D eigenvalue weighted by Gasteiger charge is -2.17. The highest BCUT2D eigenvalue weighted by Crippen LogP contribution is 2.43. The first-order valence-corrected chi connectivity index (χ1v) is 9.91. The smallest absolute Gasteiger partial charge is 0.224 e. The molecule has 0 spiro atoms. The number of amides is 1. The van der Waals surface area contributed by atoms with E-state index in [9.17, 15) is 9.00 Å². The molecule has 1 aliphatic heterocycles. The van der Waals surface area contributed by atoms with Crippen molar-refractivity contribution in [2.24, 2.45) is 0 Å². The molecule has 0 radical (unpaired) electrons. The monoisotopic (exact) mass is 389 g/mol. The van der Waals surface area contributed by atoms with Gasteiger partial charge in [0.05, 0.1) is 11.3 Å². The number of anilines is 1. The molecule has 3 aliphatic rings. The molecule has 0 bridgehead atoms. The van der Waals surface area contributed by atoms with Crippen molar-refractivity contribution in [3.63, 3.8) is 0 Å². The van der Waals surface area contributed by atoms with Crippen LogP contribution in [0.4, 0.5) is 5.69 Å². The van der Waals surface area contributed by atoms with E-state index >= 15 is 0 Å². The van der Waals surface area contributed by atoms with E-state index in [4.69, 9.17) is 4.74 Å². The number of rotatable bonds is 4. The van der Waals surface area contributed by atoms with Crippen LogP contribution in [0.5, 0.6) is 5.75 Å². The molecule has 0 aromatic heterocycles. The summed E-state index contributed by atoms with van der Waals surface area (Å²) in [5.74, 6) is 0.775. The van der Waals surface area contributed by atoms with Crippen LogP contribution in [0.1, 0.15) is 12.0 Å². The lowest BCUT2D eigenvalue weighted by Crippen LogP contribution is -2.18. The van der Waals surface area contributed by atoms with Crippen molar-refractivity contribution in [1.29, 1.82) is 0 Å². The first kappa shape index (κ1) is 18.2. The normalized spacial score (nSPS) is 12.6. The van der Waals surface area contributed by atoms with E-state index in [0.717, 1.165) is 23.4 Å². The number of fused-ring (bicyclic) bond motifs is 2. The molecule has 2 aliphatic carbocycles. The summed E-state index contributed by atoms with van der Waals surface area (Å²) in [6, 6.07) is 22.6. The fourth-order valence-corrected chi connectivity index (χ4v) is 3.35. The maximum Gasteiger partial charge on any atom is 0.224 e. The molecule has 0 saturated heterocycles. The minimum Gasteiger partial charge on any atom is -0.489 e. The van der Waals surface area contributed by atoms with Gasteiger partial charge in [-0.1, -0.05) is 42.5 Å². The summed E-state index contributed by atoms with van der Waals surface area (Å²) in [4.78, 5) is 11.1. The predicted octanol–water partition coefficient (Wildman–Crippen LogP) is 4.30. The van der Waals surface area contributed by atoms with Gasteiger partial charge in [0.25, 0.3) is 0 Å². The number of hydrogen-bond acceptors (Lipinski definition) is 3. The molecule has 0 atom stereocenters. The van der Waals surface area contributed by atoms with Gasteiger partial charge in [0.15, 0.2) is 0 Å². The number of carbonyl (C=O) groups is 1. The van der Waals surface area contributed by atoms with Gasteiger partial charge in [-0.05, 0) is 58.5 Å². The van der Waals surface area contributed by atoms with Gasteiger partial charge in [0, 0.05) is 17.5 Å². The molecule has 0 fully saturated rings. The van der Waals surface area contributed by atoms with Gasteiger partial charge in [-0.15, -0.1) is 0 Å². The van der Waals surface area contributed by atoms with Crippen LogP contribution in [0.15, 0.2) is 66.7 Å². The number of hydrogen-bond donors (Lipinski definition) is 1. The zero-order valence-electron chi connectivity index (χ0n) is 15.2. The van der Waals surface area contributed by atoms with Crippen molar-refractivity contribution in [2.75, 3.05) is 11.9 Å². The Kier molecular flexibility index (Phi) is 5.35. The van der Waals surface area contributed by atoms with E-state index in [1.54, 1.807) is 6.07 Å². The minimum atomic E-state index is 0.0530. The summed E-state index contributed by atoms with van der Waals surface area (Å²) in [5.41, 5.74) is 7.48. The Hall–Kier alpha value is -3.18. The van der Waals surface area contributed by atoms with Crippen molar-refractivity contribution >= 4 is 28.2 Å². The number of ether oxygens (including phenoxy) is 1. The zero-order chi connectivity index (χ0) is 19.3. The van der Waals surface area contributed by atoms with Crippen molar-refractivity contribution in [3.8, 4) is 28.0 Å². The highest BCUT2D eigenvalue weighted by atomic mass is 32.1. The number of aryl methyl sites for hydroxylation is 1. The summed E-state index contributed by atoms with van der Waals surface area (Å²) in [7, 11) is 0. The van der Waals surface area contributed by atoms with E-state index in [0.29, 0.717) is 24.3 Å². The third-order valence-corrected chi connectivity index (χ3v) is 4.96. The summed E-state index contributed by atoms with van der Waals surface area (Å²) in [6.45, 7) is 0.291.